The maximum Gasteiger partial charge on any atom is 0.384 e. The third-order valence-electron chi connectivity index (χ3n) is 5.05. The van der Waals surface area contributed by atoms with Crippen LogP contribution >= 0.6 is 0 Å². The Labute approximate surface area is 206 Å². The molecule has 0 saturated heterocycles. The molecule has 35 heavy (non-hydrogen) atoms. The van der Waals surface area contributed by atoms with Crippen LogP contribution < -0.4 is 9.50 Å². The minimum atomic E-state index is -4.16. The van der Waals surface area contributed by atoms with Gasteiger partial charge < -0.3 is 9.50 Å². The standard InChI is InChI=1S/C25H23N3O4S.C2H6/c1-28(2)33(30,31)32-24-22(25(29)26-17-18-11-5-3-6-12-18)20-15-9-10-16-21(20)27-23(24)19-13-7-4-8-14-19;1-2/h3-16H,17H2,1-2H3,(H,26,29);1-2H3. The van der Waals surface area contributed by atoms with Crippen LogP contribution in [0.2, 0.25) is 0 Å². The van der Waals surface area contributed by atoms with Gasteiger partial charge in [0.1, 0.15) is 5.69 Å². The Morgan fingerprint density at radius 2 is 1.46 bits per heavy atom. The summed E-state index contributed by atoms with van der Waals surface area (Å²) in [6.45, 7) is 4.27. The summed E-state index contributed by atoms with van der Waals surface area (Å²) in [5.41, 5.74) is 2.47. The van der Waals surface area contributed by atoms with Gasteiger partial charge in [-0.25, -0.2) is 4.98 Å². The fourth-order valence-electron chi connectivity index (χ4n) is 3.34. The number of nitrogens with zero attached hydrogens (tertiary/aromatic N) is 2. The highest BCUT2D eigenvalue weighted by Crippen LogP contribution is 2.37. The second kappa shape index (κ2) is 11.6. The lowest BCUT2D eigenvalue weighted by atomic mass is 10.0. The molecule has 3 aromatic carbocycles. The number of carbonyl (C=O) groups is 1. The molecule has 8 heteroatoms. The average molecular weight is 492 g/mol. The Hall–Kier alpha value is -3.75. The van der Waals surface area contributed by atoms with E-state index in [0.717, 1.165) is 9.87 Å². The van der Waals surface area contributed by atoms with E-state index in [0.29, 0.717) is 16.5 Å². The molecule has 0 spiro atoms. The fourth-order valence-corrected chi connectivity index (χ4v) is 3.86. The lowest BCUT2D eigenvalue weighted by molar-refractivity contribution is 0.0951. The minimum absolute atomic E-state index is 0.112. The lowest BCUT2D eigenvalue weighted by Crippen LogP contribution is -2.29. The molecule has 4 rings (SSSR count). The highest BCUT2D eigenvalue weighted by molar-refractivity contribution is 7.84. The van der Waals surface area contributed by atoms with Gasteiger partial charge in [-0.05, 0) is 11.6 Å². The van der Waals surface area contributed by atoms with Gasteiger partial charge in [0.05, 0.1) is 11.1 Å². The number of nitrogens with one attached hydrogen (secondary N) is 1. The Kier molecular flexibility index (Phi) is 8.57. The van der Waals surface area contributed by atoms with Gasteiger partial charge in [0.25, 0.3) is 5.91 Å². The van der Waals surface area contributed by atoms with Gasteiger partial charge in [-0.3, -0.25) is 4.79 Å². The van der Waals surface area contributed by atoms with Crippen molar-refractivity contribution in [1.82, 2.24) is 14.6 Å². The third kappa shape index (κ3) is 6.03. The van der Waals surface area contributed by atoms with E-state index < -0.39 is 16.2 Å². The number of carbonyl (C=O) groups excluding carboxylic acids is 1. The topological polar surface area (TPSA) is 88.6 Å². The van der Waals surface area contributed by atoms with Crippen LogP contribution in [0.4, 0.5) is 0 Å². The molecule has 1 aromatic heterocycles. The van der Waals surface area contributed by atoms with Gasteiger partial charge in [0.15, 0.2) is 5.75 Å². The number of amides is 1. The molecular weight excluding hydrogens is 462 g/mol. The minimum Gasteiger partial charge on any atom is -0.368 e. The van der Waals surface area contributed by atoms with Gasteiger partial charge in [0, 0.05) is 31.6 Å². The van der Waals surface area contributed by atoms with E-state index in [9.17, 15) is 13.2 Å². The zero-order valence-electron chi connectivity index (χ0n) is 20.2. The summed E-state index contributed by atoms with van der Waals surface area (Å²) in [7, 11) is -1.44. The molecule has 1 amide bonds. The number of hydrogen-bond acceptors (Lipinski definition) is 5. The number of benzene rings is 3. The van der Waals surface area contributed by atoms with Crippen LogP contribution in [0.25, 0.3) is 22.2 Å². The van der Waals surface area contributed by atoms with Crippen molar-refractivity contribution in [2.45, 2.75) is 20.4 Å². The largest absolute Gasteiger partial charge is 0.384 e. The first-order chi connectivity index (χ1) is 16.9. The van der Waals surface area contributed by atoms with E-state index in [1.165, 1.54) is 14.1 Å². The van der Waals surface area contributed by atoms with Crippen molar-refractivity contribution in [3.05, 3.63) is 96.1 Å². The predicted molar refractivity (Wildman–Crippen MR) is 139 cm³/mol. The van der Waals surface area contributed by atoms with Crippen molar-refractivity contribution in [2.75, 3.05) is 14.1 Å². The summed E-state index contributed by atoms with van der Waals surface area (Å²) in [6.07, 6.45) is 0. The highest BCUT2D eigenvalue weighted by atomic mass is 32.2. The van der Waals surface area contributed by atoms with Gasteiger partial charge >= 0.3 is 10.3 Å². The van der Waals surface area contributed by atoms with Crippen LogP contribution in [0.15, 0.2) is 84.9 Å². The maximum atomic E-state index is 13.5. The van der Waals surface area contributed by atoms with Crippen LogP contribution in [0.3, 0.4) is 0 Å². The summed E-state index contributed by atoms with van der Waals surface area (Å²) in [6, 6.07) is 25.6. The van der Waals surface area contributed by atoms with Crippen molar-refractivity contribution >= 4 is 27.1 Å². The molecule has 0 atom stereocenters. The van der Waals surface area contributed by atoms with E-state index in [2.05, 4.69) is 10.3 Å². The number of hydrogen-bond donors (Lipinski definition) is 1. The summed E-state index contributed by atoms with van der Waals surface area (Å²) in [5.74, 6) is -0.572. The van der Waals surface area contributed by atoms with Gasteiger partial charge in [-0.2, -0.15) is 12.7 Å². The summed E-state index contributed by atoms with van der Waals surface area (Å²) in [5, 5.41) is 3.38. The molecule has 0 aliphatic rings. The quantitative estimate of drug-likeness (QED) is 0.391. The normalized spacial score (nSPS) is 11.0. The summed E-state index contributed by atoms with van der Waals surface area (Å²) < 4.78 is 31.9. The number of rotatable bonds is 7. The molecule has 0 bridgehead atoms. The second-order valence-electron chi connectivity index (χ2n) is 7.54. The Bertz CT molecular complexity index is 1390. The van der Waals surface area contributed by atoms with Crippen molar-refractivity contribution in [3.8, 4) is 17.0 Å². The van der Waals surface area contributed by atoms with Gasteiger partial charge in [-0.1, -0.05) is 92.7 Å². The summed E-state index contributed by atoms with van der Waals surface area (Å²) in [4.78, 5) is 18.1. The molecular formula is C27H29N3O4S. The maximum absolute atomic E-state index is 13.5. The van der Waals surface area contributed by atoms with Crippen molar-refractivity contribution in [3.63, 3.8) is 0 Å². The van der Waals surface area contributed by atoms with Crippen LogP contribution in [-0.4, -0.2) is 37.7 Å². The van der Waals surface area contributed by atoms with E-state index in [1.54, 1.807) is 30.3 Å². The Morgan fingerprint density at radius 1 is 0.886 bits per heavy atom. The molecule has 1 heterocycles. The molecule has 0 aliphatic heterocycles. The average Bonchev–Trinajstić information content (AvgIpc) is 2.89. The molecule has 0 fully saturated rings. The van der Waals surface area contributed by atoms with E-state index in [-0.39, 0.29) is 23.6 Å². The highest BCUT2D eigenvalue weighted by Gasteiger charge is 2.28. The smallest absolute Gasteiger partial charge is 0.368 e. The molecule has 7 nitrogen and oxygen atoms in total. The first kappa shape index (κ1) is 25.9. The van der Waals surface area contributed by atoms with E-state index in [4.69, 9.17) is 4.18 Å². The number of pyridine rings is 1. The second-order valence-corrected chi connectivity index (χ2v) is 9.29. The SMILES string of the molecule is CC.CN(C)S(=O)(=O)Oc1c(-c2ccccc2)nc2ccccc2c1C(=O)NCc1ccccc1. The molecule has 0 saturated carbocycles. The zero-order chi connectivity index (χ0) is 25.4. The van der Waals surface area contributed by atoms with Crippen LogP contribution in [0.5, 0.6) is 5.75 Å². The first-order valence-corrected chi connectivity index (χ1v) is 12.7. The molecule has 0 radical (unpaired) electrons. The van der Waals surface area contributed by atoms with E-state index >= 15 is 0 Å². The van der Waals surface area contributed by atoms with Crippen LogP contribution in [0.1, 0.15) is 29.8 Å². The Morgan fingerprint density at radius 3 is 2.09 bits per heavy atom. The lowest BCUT2D eigenvalue weighted by Gasteiger charge is -2.19. The molecule has 0 unspecified atom stereocenters. The van der Waals surface area contributed by atoms with Crippen LogP contribution in [0, 0.1) is 0 Å². The van der Waals surface area contributed by atoms with Crippen molar-refractivity contribution < 1.29 is 17.4 Å². The fraction of sp³-hybridized carbons (Fsp3) is 0.185. The van der Waals surface area contributed by atoms with Crippen LogP contribution in [-0.2, 0) is 16.8 Å². The molecule has 1 N–H and O–H groups in total. The first-order valence-electron chi connectivity index (χ1n) is 11.3. The zero-order valence-corrected chi connectivity index (χ0v) is 21.0. The molecule has 4 aromatic rings. The van der Waals surface area contributed by atoms with Gasteiger partial charge in [-0.15, -0.1) is 0 Å². The summed E-state index contributed by atoms with van der Waals surface area (Å²) >= 11 is 0. The predicted octanol–water partition coefficient (Wildman–Crippen LogP) is 5.04. The monoisotopic (exact) mass is 491 g/mol. The van der Waals surface area contributed by atoms with Gasteiger partial charge in [0.2, 0.25) is 0 Å². The van der Waals surface area contributed by atoms with Crippen molar-refractivity contribution in [2.24, 2.45) is 0 Å². The number of fused-ring (bicyclic) bond motifs is 1. The Balaban J connectivity index is 0.00000167. The molecule has 182 valence electrons. The van der Waals surface area contributed by atoms with Crippen molar-refractivity contribution in [1.29, 1.82) is 0 Å². The molecule has 0 aliphatic carbocycles. The number of aromatic nitrogens is 1. The number of para-hydroxylation sites is 1. The third-order valence-corrected chi connectivity index (χ3v) is 6.33. The van der Waals surface area contributed by atoms with E-state index in [1.807, 2.05) is 68.4 Å².